The summed E-state index contributed by atoms with van der Waals surface area (Å²) < 4.78 is 0. The van der Waals surface area contributed by atoms with Gasteiger partial charge in [-0.15, -0.1) is 0 Å². The first-order valence-corrected chi connectivity index (χ1v) is 6.98. The molecule has 1 atom stereocenters. The molecule has 1 rings (SSSR count). The van der Waals surface area contributed by atoms with Gasteiger partial charge in [0, 0.05) is 0 Å². The van der Waals surface area contributed by atoms with Crippen LogP contribution < -0.4 is 0 Å². The second kappa shape index (κ2) is 7.70. The lowest BCUT2D eigenvalue weighted by Crippen LogP contribution is -2.21. The summed E-state index contributed by atoms with van der Waals surface area (Å²) in [4.78, 5) is 11.2. The van der Waals surface area contributed by atoms with E-state index < -0.39 is 5.97 Å². The number of hydrogen-bond acceptors (Lipinski definition) is 1. The largest absolute Gasteiger partial charge is 0.481 e. The molecule has 1 aliphatic carbocycles. The van der Waals surface area contributed by atoms with Crippen LogP contribution in [0.4, 0.5) is 0 Å². The topological polar surface area (TPSA) is 37.3 Å². The first kappa shape index (κ1) is 13.5. The van der Waals surface area contributed by atoms with Crippen molar-refractivity contribution in [3.8, 4) is 0 Å². The fourth-order valence-electron chi connectivity index (χ4n) is 2.89. The molecule has 0 aromatic carbocycles. The van der Waals surface area contributed by atoms with Gasteiger partial charge in [0.15, 0.2) is 0 Å². The third-order valence-electron chi connectivity index (χ3n) is 3.90. The molecule has 1 unspecified atom stereocenters. The average Bonchev–Trinajstić information content (AvgIpc) is 2.76. The summed E-state index contributed by atoms with van der Waals surface area (Å²) in [7, 11) is 0. The van der Waals surface area contributed by atoms with Crippen molar-refractivity contribution in [3.05, 3.63) is 0 Å². The van der Waals surface area contributed by atoms with E-state index in [1.165, 1.54) is 38.5 Å². The summed E-state index contributed by atoms with van der Waals surface area (Å²) in [6.45, 7) is 2.21. The van der Waals surface area contributed by atoms with Crippen molar-refractivity contribution in [1.29, 1.82) is 0 Å². The van der Waals surface area contributed by atoms with E-state index in [1.807, 2.05) is 0 Å². The van der Waals surface area contributed by atoms with Crippen molar-refractivity contribution in [2.75, 3.05) is 0 Å². The molecule has 1 saturated carbocycles. The summed E-state index contributed by atoms with van der Waals surface area (Å²) in [5.74, 6) is -0.129. The van der Waals surface area contributed by atoms with Crippen LogP contribution in [-0.2, 0) is 4.79 Å². The zero-order chi connectivity index (χ0) is 11.8. The van der Waals surface area contributed by atoms with Gasteiger partial charge >= 0.3 is 5.97 Å². The van der Waals surface area contributed by atoms with E-state index in [-0.39, 0.29) is 5.92 Å². The normalized spacial score (nSPS) is 18.8. The number of hydrogen-bond donors (Lipinski definition) is 1. The standard InChI is InChI=1S/C14H26O2/c1-2-3-4-5-6-11-13(14(15)16)12-9-7-8-10-12/h12-13H,2-11H2,1H3,(H,15,16). The highest BCUT2D eigenvalue weighted by atomic mass is 16.4. The molecule has 0 heterocycles. The Hall–Kier alpha value is -0.530. The monoisotopic (exact) mass is 226 g/mol. The van der Waals surface area contributed by atoms with Crippen LogP contribution in [0.5, 0.6) is 0 Å². The molecular weight excluding hydrogens is 200 g/mol. The maximum absolute atomic E-state index is 11.2. The summed E-state index contributed by atoms with van der Waals surface area (Å²) in [6, 6.07) is 0. The van der Waals surface area contributed by atoms with Gasteiger partial charge in [0.2, 0.25) is 0 Å². The summed E-state index contributed by atoms with van der Waals surface area (Å²) in [5, 5.41) is 9.24. The second-order valence-electron chi connectivity index (χ2n) is 5.19. The van der Waals surface area contributed by atoms with Crippen LogP contribution in [-0.4, -0.2) is 11.1 Å². The van der Waals surface area contributed by atoms with Crippen LogP contribution in [0.3, 0.4) is 0 Å². The Morgan fingerprint density at radius 1 is 1.19 bits per heavy atom. The second-order valence-corrected chi connectivity index (χ2v) is 5.19. The summed E-state index contributed by atoms with van der Waals surface area (Å²) in [5.41, 5.74) is 0. The molecule has 0 bridgehead atoms. The van der Waals surface area contributed by atoms with E-state index in [4.69, 9.17) is 0 Å². The minimum atomic E-state index is -0.553. The Kier molecular flexibility index (Phi) is 6.51. The highest BCUT2D eigenvalue weighted by Gasteiger charge is 2.29. The molecule has 94 valence electrons. The fourth-order valence-corrected chi connectivity index (χ4v) is 2.89. The molecule has 0 aromatic heterocycles. The molecule has 0 spiro atoms. The van der Waals surface area contributed by atoms with E-state index >= 15 is 0 Å². The van der Waals surface area contributed by atoms with Crippen molar-refractivity contribution >= 4 is 5.97 Å². The molecule has 0 saturated heterocycles. The van der Waals surface area contributed by atoms with Crippen molar-refractivity contribution in [3.63, 3.8) is 0 Å². The lowest BCUT2D eigenvalue weighted by Gasteiger charge is -2.18. The van der Waals surface area contributed by atoms with Crippen molar-refractivity contribution in [1.82, 2.24) is 0 Å². The van der Waals surface area contributed by atoms with E-state index in [1.54, 1.807) is 0 Å². The van der Waals surface area contributed by atoms with Gasteiger partial charge in [0.05, 0.1) is 5.92 Å². The molecule has 1 fully saturated rings. The lowest BCUT2D eigenvalue weighted by atomic mass is 9.86. The number of rotatable bonds is 8. The molecule has 0 aromatic rings. The number of carboxylic acids is 1. The van der Waals surface area contributed by atoms with Crippen LogP contribution in [0.15, 0.2) is 0 Å². The zero-order valence-electron chi connectivity index (χ0n) is 10.6. The Balaban J connectivity index is 2.20. The molecule has 0 radical (unpaired) electrons. The van der Waals surface area contributed by atoms with Gasteiger partial charge in [-0.25, -0.2) is 0 Å². The SMILES string of the molecule is CCCCCCCC(C(=O)O)C1CCCC1. The van der Waals surface area contributed by atoms with Crippen LogP contribution in [0.25, 0.3) is 0 Å². The van der Waals surface area contributed by atoms with E-state index in [0.717, 1.165) is 25.7 Å². The molecule has 2 heteroatoms. The Labute approximate surface area is 99.4 Å². The highest BCUT2D eigenvalue weighted by Crippen LogP contribution is 2.34. The van der Waals surface area contributed by atoms with Gasteiger partial charge < -0.3 is 5.11 Å². The predicted molar refractivity (Wildman–Crippen MR) is 66.5 cm³/mol. The zero-order valence-corrected chi connectivity index (χ0v) is 10.6. The van der Waals surface area contributed by atoms with Gasteiger partial charge in [-0.3, -0.25) is 4.79 Å². The first-order chi connectivity index (χ1) is 7.75. The van der Waals surface area contributed by atoms with Crippen molar-refractivity contribution in [2.24, 2.45) is 11.8 Å². The van der Waals surface area contributed by atoms with Gasteiger partial charge in [-0.05, 0) is 25.2 Å². The molecule has 1 N–H and O–H groups in total. The number of carbonyl (C=O) groups is 1. The van der Waals surface area contributed by atoms with Gasteiger partial charge in [0.25, 0.3) is 0 Å². The fraction of sp³-hybridized carbons (Fsp3) is 0.929. The van der Waals surface area contributed by atoms with Crippen LogP contribution in [0.2, 0.25) is 0 Å². The quantitative estimate of drug-likeness (QED) is 0.629. The van der Waals surface area contributed by atoms with Crippen LogP contribution in [0, 0.1) is 11.8 Å². The smallest absolute Gasteiger partial charge is 0.306 e. The molecule has 0 aliphatic heterocycles. The Morgan fingerprint density at radius 2 is 1.81 bits per heavy atom. The Morgan fingerprint density at radius 3 is 2.38 bits per heavy atom. The van der Waals surface area contributed by atoms with E-state index in [2.05, 4.69) is 6.92 Å². The van der Waals surface area contributed by atoms with Gasteiger partial charge in [0.1, 0.15) is 0 Å². The lowest BCUT2D eigenvalue weighted by molar-refractivity contribution is -0.144. The number of carboxylic acid groups (broad SMARTS) is 1. The minimum Gasteiger partial charge on any atom is -0.481 e. The van der Waals surface area contributed by atoms with Crippen LogP contribution in [0.1, 0.15) is 71.1 Å². The third kappa shape index (κ3) is 4.54. The van der Waals surface area contributed by atoms with Crippen molar-refractivity contribution in [2.45, 2.75) is 71.1 Å². The molecule has 0 amide bonds. The predicted octanol–water partition coefficient (Wildman–Crippen LogP) is 4.24. The molecular formula is C14H26O2. The molecule has 16 heavy (non-hydrogen) atoms. The maximum Gasteiger partial charge on any atom is 0.306 e. The third-order valence-corrected chi connectivity index (χ3v) is 3.90. The van der Waals surface area contributed by atoms with Gasteiger partial charge in [-0.1, -0.05) is 51.9 Å². The number of aliphatic carboxylic acids is 1. The first-order valence-electron chi connectivity index (χ1n) is 6.98. The van der Waals surface area contributed by atoms with Crippen LogP contribution >= 0.6 is 0 Å². The van der Waals surface area contributed by atoms with E-state index in [9.17, 15) is 9.90 Å². The van der Waals surface area contributed by atoms with Gasteiger partial charge in [-0.2, -0.15) is 0 Å². The highest BCUT2D eigenvalue weighted by molar-refractivity contribution is 5.70. The summed E-state index contributed by atoms with van der Waals surface area (Å²) >= 11 is 0. The van der Waals surface area contributed by atoms with Crippen molar-refractivity contribution < 1.29 is 9.90 Å². The molecule has 2 nitrogen and oxygen atoms in total. The summed E-state index contributed by atoms with van der Waals surface area (Å²) in [6.07, 6.45) is 11.8. The Bertz CT molecular complexity index is 195. The maximum atomic E-state index is 11.2. The minimum absolute atomic E-state index is 0.0517. The average molecular weight is 226 g/mol. The number of unbranched alkanes of at least 4 members (excludes halogenated alkanes) is 4. The molecule has 1 aliphatic rings. The van der Waals surface area contributed by atoms with E-state index in [0.29, 0.717) is 5.92 Å².